The lowest BCUT2D eigenvalue weighted by atomic mass is 9.93. The van der Waals surface area contributed by atoms with Crippen molar-refractivity contribution in [2.75, 3.05) is 0 Å². The maximum Gasteiger partial charge on any atom is 0.208 e. The average molecular weight is 497 g/mol. The average Bonchev–Trinajstić information content (AvgIpc) is 3.40. The highest BCUT2D eigenvalue weighted by Gasteiger charge is 2.34. The van der Waals surface area contributed by atoms with Gasteiger partial charge < -0.3 is 5.11 Å². The van der Waals surface area contributed by atoms with Crippen molar-refractivity contribution in [2.45, 2.75) is 29.6 Å². The fraction of sp³-hybridized carbons (Fsp3) is 0.200. The molecule has 1 atom stereocenters. The first-order chi connectivity index (χ1) is 15.3. The van der Waals surface area contributed by atoms with E-state index < -0.39 is 17.2 Å². The lowest BCUT2D eigenvalue weighted by molar-refractivity contribution is -0.00878. The van der Waals surface area contributed by atoms with E-state index >= 15 is 0 Å². The Hall–Kier alpha value is -2.53. The zero-order chi connectivity index (χ0) is 22.7. The number of benzene rings is 2. The first kappa shape index (κ1) is 22.7. The first-order valence-electron chi connectivity index (χ1n) is 9.29. The molecule has 0 radical (unpaired) electrons. The van der Waals surface area contributed by atoms with E-state index in [2.05, 4.69) is 20.2 Å². The van der Waals surface area contributed by atoms with Crippen LogP contribution in [0.4, 0.5) is 8.78 Å². The van der Waals surface area contributed by atoms with E-state index in [1.807, 2.05) is 6.07 Å². The summed E-state index contributed by atoms with van der Waals surface area (Å²) >= 11 is 13.3. The van der Waals surface area contributed by atoms with Crippen LogP contribution in [0, 0.1) is 11.6 Å². The zero-order valence-electron chi connectivity index (χ0n) is 16.4. The predicted octanol–water partition coefficient (Wildman–Crippen LogP) is 4.33. The van der Waals surface area contributed by atoms with Crippen molar-refractivity contribution < 1.29 is 13.9 Å². The lowest BCUT2D eigenvalue weighted by Gasteiger charge is -2.28. The Kier molecular flexibility index (Phi) is 6.75. The van der Waals surface area contributed by atoms with Gasteiger partial charge in [0.1, 0.15) is 36.2 Å². The summed E-state index contributed by atoms with van der Waals surface area (Å²) in [6.45, 7) is -0.267. The Morgan fingerprint density at radius 3 is 2.53 bits per heavy atom. The van der Waals surface area contributed by atoms with Gasteiger partial charge in [-0.3, -0.25) is 0 Å². The maximum atomic E-state index is 14.5. The van der Waals surface area contributed by atoms with Crippen LogP contribution in [0.1, 0.15) is 11.1 Å². The molecule has 2 aromatic carbocycles. The van der Waals surface area contributed by atoms with Gasteiger partial charge in [0, 0.05) is 17.4 Å². The van der Waals surface area contributed by atoms with Gasteiger partial charge in [-0.25, -0.2) is 28.1 Å². The van der Waals surface area contributed by atoms with Gasteiger partial charge in [0.2, 0.25) is 5.16 Å². The van der Waals surface area contributed by atoms with Crippen molar-refractivity contribution in [3.05, 3.63) is 88.2 Å². The molecule has 1 N–H and O–H groups in total. The SMILES string of the molecule is OC(Cn1cncn1)(Cn1cnc(SCc2ccc(Cl)c(Cl)c2)n1)c1ccc(F)cc1F. The van der Waals surface area contributed by atoms with Crippen molar-refractivity contribution in [3.8, 4) is 0 Å². The van der Waals surface area contributed by atoms with E-state index in [0.717, 1.165) is 17.7 Å². The van der Waals surface area contributed by atoms with Crippen LogP contribution in [0.3, 0.4) is 0 Å². The molecule has 0 aliphatic carbocycles. The molecule has 4 aromatic rings. The van der Waals surface area contributed by atoms with Crippen LogP contribution in [0.25, 0.3) is 0 Å². The minimum absolute atomic E-state index is 0.0880. The van der Waals surface area contributed by atoms with Crippen LogP contribution in [0.2, 0.25) is 10.0 Å². The molecule has 166 valence electrons. The van der Waals surface area contributed by atoms with Crippen molar-refractivity contribution in [1.82, 2.24) is 29.5 Å². The van der Waals surface area contributed by atoms with Crippen molar-refractivity contribution in [3.63, 3.8) is 0 Å². The highest BCUT2D eigenvalue weighted by Crippen LogP contribution is 2.29. The topological polar surface area (TPSA) is 81.6 Å². The van der Waals surface area contributed by atoms with Crippen molar-refractivity contribution in [1.29, 1.82) is 0 Å². The molecule has 2 aromatic heterocycles. The minimum Gasteiger partial charge on any atom is -0.381 e. The Bertz CT molecular complexity index is 1220. The molecule has 0 fully saturated rings. The van der Waals surface area contributed by atoms with Crippen molar-refractivity contribution in [2.24, 2.45) is 0 Å². The molecule has 1 unspecified atom stereocenters. The van der Waals surface area contributed by atoms with Crippen LogP contribution in [0.5, 0.6) is 0 Å². The van der Waals surface area contributed by atoms with Gasteiger partial charge >= 0.3 is 0 Å². The summed E-state index contributed by atoms with van der Waals surface area (Å²) in [7, 11) is 0. The first-order valence-corrected chi connectivity index (χ1v) is 11.0. The number of hydrogen-bond acceptors (Lipinski definition) is 6. The molecule has 0 aliphatic heterocycles. The van der Waals surface area contributed by atoms with Gasteiger partial charge in [-0.2, -0.15) is 5.10 Å². The van der Waals surface area contributed by atoms with E-state index in [0.29, 0.717) is 21.0 Å². The maximum absolute atomic E-state index is 14.5. The molecule has 0 amide bonds. The number of aliphatic hydroxyl groups is 1. The van der Waals surface area contributed by atoms with Gasteiger partial charge in [0.15, 0.2) is 0 Å². The third kappa shape index (κ3) is 5.26. The van der Waals surface area contributed by atoms with E-state index in [4.69, 9.17) is 23.2 Å². The Balaban J connectivity index is 1.53. The normalized spacial score (nSPS) is 13.3. The number of rotatable bonds is 8. The molecule has 4 rings (SSSR count). The summed E-state index contributed by atoms with van der Waals surface area (Å²) in [5, 5.41) is 21.1. The number of halogens is 4. The second-order valence-corrected chi connectivity index (χ2v) is 8.77. The third-order valence-corrected chi connectivity index (χ3v) is 6.28. The Morgan fingerprint density at radius 2 is 1.81 bits per heavy atom. The minimum atomic E-state index is -1.79. The molecule has 32 heavy (non-hydrogen) atoms. The number of hydrogen-bond donors (Lipinski definition) is 1. The van der Waals surface area contributed by atoms with Crippen LogP contribution < -0.4 is 0 Å². The second-order valence-electron chi connectivity index (χ2n) is 7.01. The van der Waals surface area contributed by atoms with Crippen LogP contribution in [-0.2, 0) is 24.4 Å². The molecule has 2 heterocycles. The van der Waals surface area contributed by atoms with Gasteiger partial charge in [-0.1, -0.05) is 47.1 Å². The molecule has 0 saturated carbocycles. The van der Waals surface area contributed by atoms with Crippen molar-refractivity contribution >= 4 is 35.0 Å². The molecule has 0 saturated heterocycles. The highest BCUT2D eigenvalue weighted by atomic mass is 35.5. The third-order valence-electron chi connectivity index (χ3n) is 4.61. The molecule has 0 bridgehead atoms. The molecular weight excluding hydrogens is 481 g/mol. The van der Waals surface area contributed by atoms with Gasteiger partial charge in [0.05, 0.1) is 23.1 Å². The van der Waals surface area contributed by atoms with E-state index in [1.165, 1.54) is 46.2 Å². The Morgan fingerprint density at radius 1 is 1.00 bits per heavy atom. The van der Waals surface area contributed by atoms with Crippen LogP contribution >= 0.6 is 35.0 Å². The summed E-state index contributed by atoms with van der Waals surface area (Å²) in [5.74, 6) is -1.06. The summed E-state index contributed by atoms with van der Waals surface area (Å²) in [4.78, 5) is 8.08. The molecule has 0 aliphatic rings. The Labute approximate surface area is 196 Å². The number of thioether (sulfide) groups is 1. The van der Waals surface area contributed by atoms with E-state index in [9.17, 15) is 13.9 Å². The molecule has 7 nitrogen and oxygen atoms in total. The molecule has 12 heteroatoms. The van der Waals surface area contributed by atoms with Gasteiger partial charge in [0.25, 0.3) is 0 Å². The van der Waals surface area contributed by atoms with Gasteiger partial charge in [-0.05, 0) is 23.8 Å². The predicted molar refractivity (Wildman–Crippen MR) is 116 cm³/mol. The quantitative estimate of drug-likeness (QED) is 0.365. The fourth-order valence-corrected chi connectivity index (χ4v) is 4.22. The molecule has 0 spiro atoms. The zero-order valence-corrected chi connectivity index (χ0v) is 18.7. The number of nitrogens with zero attached hydrogens (tertiary/aromatic N) is 6. The summed E-state index contributed by atoms with van der Waals surface area (Å²) in [5.41, 5.74) is -0.933. The van der Waals surface area contributed by atoms with Crippen LogP contribution in [-0.4, -0.2) is 34.6 Å². The summed E-state index contributed by atoms with van der Waals surface area (Å²) < 4.78 is 30.7. The summed E-state index contributed by atoms with van der Waals surface area (Å²) in [6, 6.07) is 8.35. The fourth-order valence-electron chi connectivity index (χ4n) is 3.13. The molecular formula is C20H16Cl2F2N6OS. The largest absolute Gasteiger partial charge is 0.381 e. The van der Waals surface area contributed by atoms with E-state index in [-0.39, 0.29) is 18.7 Å². The smallest absolute Gasteiger partial charge is 0.208 e. The van der Waals surface area contributed by atoms with Crippen LogP contribution in [0.15, 0.2) is 60.5 Å². The standard InChI is InChI=1S/C20H16Cl2F2N6OS/c21-16-4-1-13(5-17(16)22)7-32-19-26-12-30(28-19)9-20(31,8-29-11-25-10-27-29)15-3-2-14(23)6-18(15)24/h1-6,10-12,31H,7-9H2. The second kappa shape index (κ2) is 9.53. The highest BCUT2D eigenvalue weighted by molar-refractivity contribution is 7.98. The summed E-state index contributed by atoms with van der Waals surface area (Å²) in [6.07, 6.45) is 4.13. The monoisotopic (exact) mass is 496 g/mol. The van der Waals surface area contributed by atoms with E-state index in [1.54, 1.807) is 12.1 Å². The lowest BCUT2D eigenvalue weighted by Crippen LogP contribution is -2.37. The van der Waals surface area contributed by atoms with Gasteiger partial charge in [-0.15, -0.1) is 5.10 Å². The number of aromatic nitrogens is 6.